The lowest BCUT2D eigenvalue weighted by molar-refractivity contribution is 0.0698. The van der Waals surface area contributed by atoms with Crippen molar-refractivity contribution in [1.82, 2.24) is 0 Å². The minimum Gasteiger partial charge on any atom is -0.478 e. The number of benzene rings is 1. The highest BCUT2D eigenvalue weighted by molar-refractivity contribution is 9.10. The molecule has 1 aromatic heterocycles. The fourth-order valence-electron chi connectivity index (χ4n) is 1.49. The second-order valence-electron chi connectivity index (χ2n) is 3.79. The molecule has 0 aliphatic carbocycles. The van der Waals surface area contributed by atoms with Gasteiger partial charge in [0.15, 0.2) is 0 Å². The van der Waals surface area contributed by atoms with Crippen LogP contribution in [0.2, 0.25) is 0 Å². The van der Waals surface area contributed by atoms with Crippen molar-refractivity contribution in [3.8, 4) is 0 Å². The van der Waals surface area contributed by atoms with Crippen LogP contribution >= 0.6 is 15.9 Å². The van der Waals surface area contributed by atoms with Crippen LogP contribution in [0.15, 0.2) is 50.3 Å². The van der Waals surface area contributed by atoms with Crippen LogP contribution in [0.3, 0.4) is 0 Å². The normalized spacial score (nSPS) is 10.1. The van der Waals surface area contributed by atoms with Crippen LogP contribution in [0, 0.1) is 0 Å². The van der Waals surface area contributed by atoms with Gasteiger partial charge in [0, 0.05) is 10.5 Å². The van der Waals surface area contributed by atoms with Gasteiger partial charge in [-0.3, -0.25) is 4.79 Å². The molecule has 0 saturated heterocycles. The summed E-state index contributed by atoms with van der Waals surface area (Å²) in [7, 11) is 0. The SMILES string of the molecule is O=C(Nc1cc(Br)ccc1C(=O)O)c1ccc(=O)oc1. The van der Waals surface area contributed by atoms with Crippen molar-refractivity contribution in [2.75, 3.05) is 5.32 Å². The number of carbonyl (C=O) groups is 2. The van der Waals surface area contributed by atoms with E-state index in [0.717, 1.165) is 12.3 Å². The topological polar surface area (TPSA) is 96.6 Å². The molecule has 0 spiro atoms. The van der Waals surface area contributed by atoms with Crippen LogP contribution in [-0.4, -0.2) is 17.0 Å². The zero-order valence-corrected chi connectivity index (χ0v) is 11.5. The van der Waals surface area contributed by atoms with E-state index in [2.05, 4.69) is 25.7 Å². The summed E-state index contributed by atoms with van der Waals surface area (Å²) in [5.41, 5.74) is -0.363. The molecule has 6 nitrogen and oxygen atoms in total. The van der Waals surface area contributed by atoms with Gasteiger partial charge in [-0.2, -0.15) is 0 Å². The van der Waals surface area contributed by atoms with E-state index in [1.807, 2.05) is 0 Å². The lowest BCUT2D eigenvalue weighted by Gasteiger charge is -2.08. The Hall–Kier alpha value is -2.41. The Bertz CT molecular complexity index is 717. The summed E-state index contributed by atoms with van der Waals surface area (Å²) in [6, 6.07) is 6.79. The minimum absolute atomic E-state index is 0.0427. The van der Waals surface area contributed by atoms with Gasteiger partial charge in [0.2, 0.25) is 0 Å². The monoisotopic (exact) mass is 337 g/mol. The predicted octanol–water partition coefficient (Wildman–Crippen LogP) is 2.35. The molecule has 0 aliphatic heterocycles. The van der Waals surface area contributed by atoms with Crippen LogP contribution in [-0.2, 0) is 0 Å². The first-order chi connectivity index (χ1) is 9.47. The zero-order valence-electron chi connectivity index (χ0n) is 9.92. The molecule has 1 amide bonds. The third-order valence-electron chi connectivity index (χ3n) is 2.42. The summed E-state index contributed by atoms with van der Waals surface area (Å²) in [5, 5.41) is 11.5. The van der Waals surface area contributed by atoms with Crippen LogP contribution in [0.25, 0.3) is 0 Å². The summed E-state index contributed by atoms with van der Waals surface area (Å²) >= 11 is 3.20. The molecule has 0 bridgehead atoms. The van der Waals surface area contributed by atoms with Crippen LogP contribution < -0.4 is 10.9 Å². The molecule has 7 heteroatoms. The highest BCUT2D eigenvalue weighted by atomic mass is 79.9. The number of nitrogens with one attached hydrogen (secondary N) is 1. The van der Waals surface area contributed by atoms with Gasteiger partial charge in [0.05, 0.1) is 16.8 Å². The van der Waals surface area contributed by atoms with E-state index in [0.29, 0.717) is 4.47 Å². The summed E-state index contributed by atoms with van der Waals surface area (Å²) < 4.78 is 5.20. The number of hydrogen-bond acceptors (Lipinski definition) is 4. The summed E-state index contributed by atoms with van der Waals surface area (Å²) in [6.45, 7) is 0. The maximum absolute atomic E-state index is 11.9. The molecular weight excluding hydrogens is 330 g/mol. The number of hydrogen-bond donors (Lipinski definition) is 2. The standard InChI is InChI=1S/C13H8BrNO5/c14-8-2-3-9(13(18)19)10(5-8)15-12(17)7-1-4-11(16)20-6-7/h1-6H,(H,15,17)(H,18,19). The average Bonchev–Trinajstić information content (AvgIpc) is 2.39. The van der Waals surface area contributed by atoms with Gasteiger partial charge in [0.25, 0.3) is 5.91 Å². The van der Waals surface area contributed by atoms with Crippen molar-refractivity contribution in [3.63, 3.8) is 0 Å². The Balaban J connectivity index is 2.32. The molecule has 0 unspecified atom stereocenters. The number of carboxylic acid groups (broad SMARTS) is 1. The fraction of sp³-hybridized carbons (Fsp3) is 0. The number of halogens is 1. The first-order valence-electron chi connectivity index (χ1n) is 5.40. The number of carboxylic acids is 1. The van der Waals surface area contributed by atoms with Crippen molar-refractivity contribution in [2.24, 2.45) is 0 Å². The molecule has 1 heterocycles. The Morgan fingerprint density at radius 2 is 1.95 bits per heavy atom. The van der Waals surface area contributed by atoms with E-state index in [4.69, 9.17) is 5.11 Å². The average molecular weight is 338 g/mol. The molecule has 20 heavy (non-hydrogen) atoms. The fourth-order valence-corrected chi connectivity index (χ4v) is 1.85. The number of anilines is 1. The zero-order chi connectivity index (χ0) is 14.7. The van der Waals surface area contributed by atoms with Gasteiger partial charge in [0.1, 0.15) is 6.26 Å². The Kier molecular flexibility index (Phi) is 3.99. The maximum atomic E-state index is 11.9. The number of amides is 1. The second kappa shape index (κ2) is 5.70. The molecule has 102 valence electrons. The van der Waals surface area contributed by atoms with Gasteiger partial charge in [-0.15, -0.1) is 0 Å². The molecule has 2 rings (SSSR count). The van der Waals surface area contributed by atoms with Gasteiger partial charge in [-0.05, 0) is 24.3 Å². The highest BCUT2D eigenvalue weighted by Crippen LogP contribution is 2.22. The van der Waals surface area contributed by atoms with E-state index in [1.54, 1.807) is 6.07 Å². The van der Waals surface area contributed by atoms with E-state index in [9.17, 15) is 14.4 Å². The third-order valence-corrected chi connectivity index (χ3v) is 2.92. The first kappa shape index (κ1) is 14.0. The van der Waals surface area contributed by atoms with E-state index in [-0.39, 0.29) is 16.8 Å². The van der Waals surface area contributed by atoms with Crippen LogP contribution in [0.5, 0.6) is 0 Å². The van der Waals surface area contributed by atoms with Gasteiger partial charge in [-0.1, -0.05) is 15.9 Å². The van der Waals surface area contributed by atoms with Crippen molar-refractivity contribution < 1.29 is 19.1 Å². The predicted molar refractivity (Wildman–Crippen MR) is 74.0 cm³/mol. The molecule has 0 fully saturated rings. The van der Waals surface area contributed by atoms with Crippen molar-refractivity contribution in [3.05, 3.63) is 62.6 Å². The maximum Gasteiger partial charge on any atom is 0.337 e. The Morgan fingerprint density at radius 1 is 1.20 bits per heavy atom. The van der Waals surface area contributed by atoms with Crippen LogP contribution in [0.1, 0.15) is 20.7 Å². The summed E-state index contributed by atoms with van der Waals surface area (Å²) in [4.78, 5) is 33.8. The van der Waals surface area contributed by atoms with Crippen LogP contribution in [0.4, 0.5) is 5.69 Å². The van der Waals surface area contributed by atoms with Gasteiger partial charge in [-0.25, -0.2) is 9.59 Å². The lowest BCUT2D eigenvalue weighted by Crippen LogP contribution is -2.15. The quantitative estimate of drug-likeness (QED) is 0.895. The third kappa shape index (κ3) is 3.12. The van der Waals surface area contributed by atoms with E-state index in [1.165, 1.54) is 18.2 Å². The highest BCUT2D eigenvalue weighted by Gasteiger charge is 2.14. The minimum atomic E-state index is -1.16. The van der Waals surface area contributed by atoms with Gasteiger partial charge < -0.3 is 14.8 Å². The molecule has 0 radical (unpaired) electrons. The van der Waals surface area contributed by atoms with E-state index >= 15 is 0 Å². The Morgan fingerprint density at radius 3 is 2.55 bits per heavy atom. The lowest BCUT2D eigenvalue weighted by atomic mass is 10.1. The van der Waals surface area contributed by atoms with E-state index < -0.39 is 17.5 Å². The van der Waals surface area contributed by atoms with Gasteiger partial charge >= 0.3 is 11.6 Å². The molecular formula is C13H8BrNO5. The molecule has 0 saturated carbocycles. The first-order valence-corrected chi connectivity index (χ1v) is 6.20. The second-order valence-corrected chi connectivity index (χ2v) is 4.71. The number of aromatic carboxylic acids is 1. The molecule has 0 aliphatic rings. The summed E-state index contributed by atoms with van der Waals surface area (Å²) in [6.07, 6.45) is 1.01. The molecule has 2 N–H and O–H groups in total. The Labute approximate surface area is 121 Å². The summed E-state index contributed by atoms with van der Waals surface area (Å²) in [5.74, 6) is -1.73. The van der Waals surface area contributed by atoms with Crippen molar-refractivity contribution in [1.29, 1.82) is 0 Å². The molecule has 0 atom stereocenters. The number of rotatable bonds is 3. The largest absolute Gasteiger partial charge is 0.478 e. The molecule has 2 aromatic rings. The van der Waals surface area contributed by atoms with Crippen molar-refractivity contribution in [2.45, 2.75) is 0 Å². The van der Waals surface area contributed by atoms with Crippen molar-refractivity contribution >= 4 is 33.5 Å². The number of carbonyl (C=O) groups excluding carboxylic acids is 1. The molecule has 1 aromatic carbocycles. The smallest absolute Gasteiger partial charge is 0.337 e.